The number of benzene rings is 2. The molecule has 0 heterocycles. The fourth-order valence-electron chi connectivity index (χ4n) is 1.65. The van der Waals surface area contributed by atoms with Crippen molar-refractivity contribution in [3.63, 3.8) is 0 Å². The van der Waals surface area contributed by atoms with E-state index in [1.165, 1.54) is 0 Å². The highest BCUT2D eigenvalue weighted by Crippen LogP contribution is 2.30. The van der Waals surface area contributed by atoms with Crippen LogP contribution < -0.4 is 9.47 Å². The van der Waals surface area contributed by atoms with Gasteiger partial charge >= 0.3 is 4.71 Å². The summed E-state index contributed by atoms with van der Waals surface area (Å²) < 4.78 is 9.11. The third-order valence-electron chi connectivity index (χ3n) is 2.45. The minimum absolute atomic E-state index is 0.553. The van der Waals surface area contributed by atoms with Gasteiger partial charge in [-0.05, 0) is 72.4 Å². The van der Waals surface area contributed by atoms with Crippen molar-refractivity contribution in [2.24, 2.45) is 0 Å². The molecule has 0 N–H and O–H groups in total. The van der Waals surface area contributed by atoms with E-state index in [0.717, 1.165) is 11.1 Å². The van der Waals surface area contributed by atoms with Crippen LogP contribution >= 0.6 is 23.2 Å². The fraction of sp³-hybridized carbons (Fsp3) is 0.200. The maximum absolute atomic E-state index is 6.03. The average molecular weight is 297 g/mol. The van der Waals surface area contributed by atoms with E-state index in [1.807, 2.05) is 50.2 Å². The lowest BCUT2D eigenvalue weighted by atomic mass is 10.2. The quantitative estimate of drug-likeness (QED) is 0.593. The van der Waals surface area contributed by atoms with E-state index in [4.69, 9.17) is 32.7 Å². The zero-order chi connectivity index (χ0) is 13.9. The van der Waals surface area contributed by atoms with E-state index >= 15 is 0 Å². The summed E-state index contributed by atoms with van der Waals surface area (Å²) in [6, 6.07) is 14.8. The van der Waals surface area contributed by atoms with Crippen molar-refractivity contribution >= 4 is 23.2 Å². The first-order chi connectivity index (χ1) is 8.94. The zero-order valence-electron chi connectivity index (χ0n) is 10.7. The Morgan fingerprint density at radius 3 is 1.58 bits per heavy atom. The molecule has 0 unspecified atom stereocenters. The summed E-state index contributed by atoms with van der Waals surface area (Å²) in [5.41, 5.74) is 2.11. The summed E-state index contributed by atoms with van der Waals surface area (Å²) in [6.07, 6.45) is 0. The first-order valence-corrected chi connectivity index (χ1v) is 6.59. The summed E-state index contributed by atoms with van der Waals surface area (Å²) in [7, 11) is 0. The Hall–Kier alpha value is -1.38. The summed E-state index contributed by atoms with van der Waals surface area (Å²) in [6.45, 7) is 3.91. The van der Waals surface area contributed by atoms with Crippen molar-refractivity contribution in [2.45, 2.75) is 18.6 Å². The Morgan fingerprint density at radius 2 is 1.21 bits per heavy atom. The van der Waals surface area contributed by atoms with Crippen LogP contribution in [0.3, 0.4) is 0 Å². The predicted molar refractivity (Wildman–Crippen MR) is 78.1 cm³/mol. The van der Waals surface area contributed by atoms with Gasteiger partial charge in [0, 0.05) is 0 Å². The molecule has 100 valence electrons. The molecule has 0 amide bonds. The second-order valence-electron chi connectivity index (χ2n) is 4.30. The Morgan fingerprint density at radius 1 is 0.789 bits per heavy atom. The molecule has 2 aromatic rings. The summed E-state index contributed by atoms with van der Waals surface area (Å²) in [5.74, 6) is 1.11. The first-order valence-electron chi connectivity index (χ1n) is 5.84. The molecule has 2 aromatic carbocycles. The number of hydrogen-bond donors (Lipinski definition) is 0. The average Bonchev–Trinajstić information content (AvgIpc) is 2.27. The highest BCUT2D eigenvalue weighted by Gasteiger charge is 2.29. The number of halogens is 2. The summed E-state index contributed by atoms with van der Waals surface area (Å²) in [5, 5.41) is 0. The van der Waals surface area contributed by atoms with Crippen LogP contribution in [0.4, 0.5) is 0 Å². The molecule has 0 spiro atoms. The summed E-state index contributed by atoms with van der Waals surface area (Å²) in [4.78, 5) is 0. The molecule has 0 atom stereocenters. The normalized spacial score (nSPS) is 11.2. The Labute approximate surface area is 122 Å². The predicted octanol–water partition coefficient (Wildman–Crippen LogP) is 4.85. The molecule has 2 rings (SSSR count). The third-order valence-corrected chi connectivity index (χ3v) is 2.76. The van der Waals surface area contributed by atoms with Crippen LogP contribution in [-0.4, -0.2) is 4.71 Å². The Bertz CT molecular complexity index is 518. The molecule has 0 aromatic heterocycles. The van der Waals surface area contributed by atoms with Gasteiger partial charge in [0.25, 0.3) is 0 Å². The van der Waals surface area contributed by atoms with Gasteiger partial charge in [0.1, 0.15) is 11.5 Å². The molecule has 0 bridgehead atoms. The molecule has 4 heteroatoms. The van der Waals surface area contributed by atoms with Gasteiger partial charge in [-0.3, -0.25) is 0 Å². The van der Waals surface area contributed by atoms with Crippen molar-refractivity contribution < 1.29 is 9.47 Å². The van der Waals surface area contributed by atoms with Gasteiger partial charge in [-0.15, -0.1) is 0 Å². The number of aryl methyl sites for hydroxylation is 2. The highest BCUT2D eigenvalue weighted by atomic mass is 35.5. The lowest BCUT2D eigenvalue weighted by Gasteiger charge is -2.22. The van der Waals surface area contributed by atoms with Crippen molar-refractivity contribution in [3.05, 3.63) is 59.7 Å². The van der Waals surface area contributed by atoms with E-state index in [0.29, 0.717) is 11.5 Å². The second kappa shape index (κ2) is 5.72. The number of rotatable bonds is 4. The van der Waals surface area contributed by atoms with Crippen molar-refractivity contribution in [3.8, 4) is 11.5 Å². The van der Waals surface area contributed by atoms with Crippen LogP contribution in [-0.2, 0) is 0 Å². The number of ether oxygens (including phenoxy) is 2. The lowest BCUT2D eigenvalue weighted by Crippen LogP contribution is -2.29. The van der Waals surface area contributed by atoms with Crippen LogP contribution in [0.1, 0.15) is 11.1 Å². The Balaban J connectivity index is 2.10. The van der Waals surface area contributed by atoms with Crippen LogP contribution in [0.5, 0.6) is 11.5 Å². The van der Waals surface area contributed by atoms with E-state index in [9.17, 15) is 0 Å². The second-order valence-corrected chi connectivity index (χ2v) is 5.49. The molecule has 2 nitrogen and oxygen atoms in total. The monoisotopic (exact) mass is 296 g/mol. The van der Waals surface area contributed by atoms with E-state index in [2.05, 4.69) is 0 Å². The third kappa shape index (κ3) is 4.34. The Kier molecular flexibility index (Phi) is 4.23. The first kappa shape index (κ1) is 14.0. The van der Waals surface area contributed by atoms with Gasteiger partial charge in [0.05, 0.1) is 0 Å². The molecule has 0 radical (unpaired) electrons. The standard InChI is InChI=1S/C15H14Cl2O2/c1-11-5-3-7-13(9-11)18-15(16,17)19-14-8-4-6-12(2)10-14/h3-10H,1-2H3. The minimum Gasteiger partial charge on any atom is -0.427 e. The molecule has 19 heavy (non-hydrogen) atoms. The van der Waals surface area contributed by atoms with Crippen molar-refractivity contribution in [2.75, 3.05) is 0 Å². The topological polar surface area (TPSA) is 18.5 Å². The van der Waals surface area contributed by atoms with Gasteiger partial charge in [-0.25, -0.2) is 0 Å². The molecular formula is C15H14Cl2O2. The SMILES string of the molecule is Cc1cccc(OC(Cl)(Cl)Oc2cccc(C)c2)c1. The smallest absolute Gasteiger partial charge is 0.419 e. The molecule has 0 aliphatic carbocycles. The largest absolute Gasteiger partial charge is 0.427 e. The van der Waals surface area contributed by atoms with E-state index < -0.39 is 4.71 Å². The maximum atomic E-state index is 6.03. The molecule has 0 saturated carbocycles. The van der Waals surface area contributed by atoms with Crippen LogP contribution in [0.2, 0.25) is 0 Å². The van der Waals surface area contributed by atoms with Gasteiger partial charge < -0.3 is 9.47 Å². The van der Waals surface area contributed by atoms with E-state index in [-0.39, 0.29) is 0 Å². The van der Waals surface area contributed by atoms with Gasteiger partial charge in [-0.1, -0.05) is 24.3 Å². The number of alkyl halides is 2. The highest BCUT2D eigenvalue weighted by molar-refractivity contribution is 6.46. The fourth-order valence-corrected chi connectivity index (χ4v) is 2.01. The molecular weight excluding hydrogens is 283 g/mol. The molecule has 0 aliphatic rings. The van der Waals surface area contributed by atoms with Crippen molar-refractivity contribution in [1.29, 1.82) is 0 Å². The molecule has 0 saturated heterocycles. The van der Waals surface area contributed by atoms with Crippen molar-refractivity contribution in [1.82, 2.24) is 0 Å². The zero-order valence-corrected chi connectivity index (χ0v) is 12.2. The maximum Gasteiger partial charge on any atom is 0.419 e. The van der Waals surface area contributed by atoms with Crippen LogP contribution in [0.25, 0.3) is 0 Å². The van der Waals surface area contributed by atoms with Gasteiger partial charge in [0.15, 0.2) is 0 Å². The van der Waals surface area contributed by atoms with Crippen LogP contribution in [0, 0.1) is 13.8 Å². The molecule has 0 aliphatic heterocycles. The molecule has 0 fully saturated rings. The van der Waals surface area contributed by atoms with Gasteiger partial charge in [-0.2, -0.15) is 0 Å². The van der Waals surface area contributed by atoms with Gasteiger partial charge in [0.2, 0.25) is 0 Å². The summed E-state index contributed by atoms with van der Waals surface area (Å²) >= 11 is 12.1. The lowest BCUT2D eigenvalue weighted by molar-refractivity contribution is 0.0371. The minimum atomic E-state index is -1.76. The van der Waals surface area contributed by atoms with Crippen LogP contribution in [0.15, 0.2) is 48.5 Å². The number of hydrogen-bond acceptors (Lipinski definition) is 2. The van der Waals surface area contributed by atoms with E-state index in [1.54, 1.807) is 12.1 Å².